The van der Waals surface area contributed by atoms with Gasteiger partial charge in [-0.15, -0.1) is 11.3 Å². The van der Waals surface area contributed by atoms with E-state index in [4.69, 9.17) is 9.52 Å². The molecule has 2 rings (SSSR count). The monoisotopic (exact) mass is 209 g/mol. The minimum atomic E-state index is -0.0940. The third-order valence-corrected chi connectivity index (χ3v) is 3.10. The van der Waals surface area contributed by atoms with Crippen molar-refractivity contribution < 1.29 is 9.52 Å². The van der Waals surface area contributed by atoms with Gasteiger partial charge in [0.2, 0.25) is 5.89 Å². The van der Waals surface area contributed by atoms with Crippen molar-refractivity contribution in [2.45, 2.75) is 20.5 Å². The molecule has 0 amide bonds. The molecule has 0 spiro atoms. The molecule has 4 heteroatoms. The zero-order valence-corrected chi connectivity index (χ0v) is 8.89. The summed E-state index contributed by atoms with van der Waals surface area (Å²) >= 11 is 1.60. The predicted octanol–water partition coefficient (Wildman–Crippen LogP) is 2.51. The fraction of sp³-hybridized carbons (Fsp3) is 0.300. The van der Waals surface area contributed by atoms with E-state index in [-0.39, 0.29) is 6.61 Å². The van der Waals surface area contributed by atoms with Crippen molar-refractivity contribution in [3.8, 4) is 10.8 Å². The summed E-state index contributed by atoms with van der Waals surface area (Å²) in [6.07, 6.45) is 0. The average Bonchev–Trinajstić information content (AvgIpc) is 2.71. The van der Waals surface area contributed by atoms with Gasteiger partial charge in [0.25, 0.3) is 0 Å². The van der Waals surface area contributed by atoms with Gasteiger partial charge in [0.05, 0.1) is 10.6 Å². The van der Waals surface area contributed by atoms with Gasteiger partial charge >= 0.3 is 0 Å². The maximum atomic E-state index is 8.97. The number of oxazole rings is 1. The van der Waals surface area contributed by atoms with Crippen LogP contribution in [0.4, 0.5) is 0 Å². The zero-order valence-electron chi connectivity index (χ0n) is 8.07. The molecular weight excluding hydrogens is 198 g/mol. The highest BCUT2D eigenvalue weighted by atomic mass is 32.1. The minimum Gasteiger partial charge on any atom is -0.438 e. The van der Waals surface area contributed by atoms with E-state index in [1.165, 1.54) is 0 Å². The van der Waals surface area contributed by atoms with Crippen LogP contribution in [-0.4, -0.2) is 10.1 Å². The smallest absolute Gasteiger partial charge is 0.237 e. The maximum Gasteiger partial charge on any atom is 0.237 e. The first kappa shape index (κ1) is 9.43. The van der Waals surface area contributed by atoms with Crippen molar-refractivity contribution in [3.05, 3.63) is 28.5 Å². The lowest BCUT2D eigenvalue weighted by Gasteiger charge is -1.91. The lowest BCUT2D eigenvalue weighted by atomic mass is 10.3. The van der Waals surface area contributed by atoms with Crippen molar-refractivity contribution in [2.75, 3.05) is 0 Å². The largest absolute Gasteiger partial charge is 0.438 e. The number of hydrogen-bond acceptors (Lipinski definition) is 4. The Labute approximate surface area is 86.0 Å². The van der Waals surface area contributed by atoms with Crippen LogP contribution in [0, 0.1) is 13.8 Å². The molecule has 0 aliphatic carbocycles. The molecule has 0 aromatic carbocycles. The van der Waals surface area contributed by atoms with Gasteiger partial charge < -0.3 is 9.52 Å². The van der Waals surface area contributed by atoms with Crippen molar-refractivity contribution in [2.24, 2.45) is 0 Å². The highest BCUT2D eigenvalue weighted by Crippen LogP contribution is 2.29. The average molecular weight is 209 g/mol. The lowest BCUT2D eigenvalue weighted by Crippen LogP contribution is -1.81. The van der Waals surface area contributed by atoms with Crippen LogP contribution in [0.2, 0.25) is 0 Å². The molecular formula is C10H11NO2S. The molecule has 0 bridgehead atoms. The number of thiophene rings is 1. The van der Waals surface area contributed by atoms with Crippen LogP contribution < -0.4 is 0 Å². The maximum absolute atomic E-state index is 8.97. The third kappa shape index (κ3) is 1.47. The molecule has 0 aliphatic rings. The molecule has 2 heterocycles. The molecule has 0 saturated carbocycles. The summed E-state index contributed by atoms with van der Waals surface area (Å²) in [5.41, 5.74) is 1.91. The van der Waals surface area contributed by atoms with E-state index in [0.29, 0.717) is 11.7 Å². The Hall–Kier alpha value is -1.13. The molecule has 0 unspecified atom stereocenters. The number of aromatic nitrogens is 1. The molecule has 0 fully saturated rings. The Bertz CT molecular complexity index is 445. The summed E-state index contributed by atoms with van der Waals surface area (Å²) in [6, 6.07) is 2.03. The molecule has 2 aromatic heterocycles. The molecule has 14 heavy (non-hydrogen) atoms. The number of hydrogen-bond donors (Lipinski definition) is 1. The van der Waals surface area contributed by atoms with Gasteiger partial charge in [-0.1, -0.05) is 0 Å². The Kier molecular flexibility index (Phi) is 2.39. The highest BCUT2D eigenvalue weighted by Gasteiger charge is 2.13. The van der Waals surface area contributed by atoms with Gasteiger partial charge in [0.15, 0.2) is 5.76 Å². The molecule has 3 nitrogen and oxygen atoms in total. The summed E-state index contributed by atoms with van der Waals surface area (Å²) in [6.45, 7) is 3.76. The van der Waals surface area contributed by atoms with Gasteiger partial charge in [-0.2, -0.15) is 0 Å². The van der Waals surface area contributed by atoms with Crippen LogP contribution in [0.3, 0.4) is 0 Å². The van der Waals surface area contributed by atoms with E-state index in [0.717, 1.165) is 16.1 Å². The SMILES string of the molecule is Cc1ccsc1-c1nc(C)c(CO)o1. The zero-order chi connectivity index (χ0) is 10.1. The second-order valence-corrected chi connectivity index (χ2v) is 4.03. The van der Waals surface area contributed by atoms with E-state index in [9.17, 15) is 0 Å². The fourth-order valence-electron chi connectivity index (χ4n) is 1.26. The Morgan fingerprint density at radius 3 is 2.79 bits per heavy atom. The van der Waals surface area contributed by atoms with Crippen molar-refractivity contribution in [1.82, 2.24) is 4.98 Å². The summed E-state index contributed by atoms with van der Waals surface area (Å²) in [5.74, 6) is 1.16. The summed E-state index contributed by atoms with van der Waals surface area (Å²) in [7, 11) is 0. The standard InChI is InChI=1S/C10H11NO2S/c1-6-3-4-14-9(6)10-11-7(2)8(5-12)13-10/h3-4,12H,5H2,1-2H3. The van der Waals surface area contributed by atoms with E-state index in [1.54, 1.807) is 11.3 Å². The van der Waals surface area contributed by atoms with E-state index in [2.05, 4.69) is 4.98 Å². The van der Waals surface area contributed by atoms with E-state index >= 15 is 0 Å². The quantitative estimate of drug-likeness (QED) is 0.826. The van der Waals surface area contributed by atoms with Gasteiger partial charge in [-0.05, 0) is 30.9 Å². The van der Waals surface area contributed by atoms with Gasteiger partial charge in [-0.3, -0.25) is 0 Å². The summed E-state index contributed by atoms with van der Waals surface area (Å²) < 4.78 is 5.44. The molecule has 2 aromatic rings. The van der Waals surface area contributed by atoms with E-state index in [1.807, 2.05) is 25.3 Å². The molecule has 74 valence electrons. The topological polar surface area (TPSA) is 46.3 Å². The van der Waals surface area contributed by atoms with Gasteiger partial charge in [0.1, 0.15) is 6.61 Å². The first-order chi connectivity index (χ1) is 6.72. The number of aliphatic hydroxyl groups excluding tert-OH is 1. The normalized spacial score (nSPS) is 10.8. The van der Waals surface area contributed by atoms with Crippen molar-refractivity contribution in [3.63, 3.8) is 0 Å². The number of aliphatic hydroxyl groups is 1. The van der Waals surface area contributed by atoms with Crippen LogP contribution in [0.15, 0.2) is 15.9 Å². The molecule has 0 atom stereocenters. The molecule has 0 aliphatic heterocycles. The van der Waals surface area contributed by atoms with Crippen molar-refractivity contribution >= 4 is 11.3 Å². The molecule has 1 N–H and O–H groups in total. The number of nitrogens with zero attached hydrogens (tertiary/aromatic N) is 1. The van der Waals surface area contributed by atoms with Crippen LogP contribution in [-0.2, 0) is 6.61 Å². The third-order valence-electron chi connectivity index (χ3n) is 2.09. The highest BCUT2D eigenvalue weighted by molar-refractivity contribution is 7.13. The molecule has 0 radical (unpaired) electrons. The van der Waals surface area contributed by atoms with Crippen LogP contribution >= 0.6 is 11.3 Å². The number of aryl methyl sites for hydroxylation is 2. The van der Waals surface area contributed by atoms with Gasteiger partial charge in [0, 0.05) is 0 Å². The summed E-state index contributed by atoms with van der Waals surface area (Å²) in [4.78, 5) is 5.30. The lowest BCUT2D eigenvalue weighted by molar-refractivity contribution is 0.247. The second-order valence-electron chi connectivity index (χ2n) is 3.12. The minimum absolute atomic E-state index is 0.0940. The molecule has 0 saturated heterocycles. The second kappa shape index (κ2) is 3.55. The number of rotatable bonds is 2. The summed E-state index contributed by atoms with van der Waals surface area (Å²) in [5, 5.41) is 11.0. The Morgan fingerprint density at radius 1 is 1.50 bits per heavy atom. The first-order valence-corrected chi connectivity index (χ1v) is 5.22. The fourth-order valence-corrected chi connectivity index (χ4v) is 2.11. The van der Waals surface area contributed by atoms with E-state index < -0.39 is 0 Å². The van der Waals surface area contributed by atoms with Crippen LogP contribution in [0.25, 0.3) is 10.8 Å². The van der Waals surface area contributed by atoms with Crippen LogP contribution in [0.5, 0.6) is 0 Å². The Morgan fingerprint density at radius 2 is 2.29 bits per heavy atom. The van der Waals surface area contributed by atoms with Crippen LogP contribution in [0.1, 0.15) is 17.0 Å². The predicted molar refractivity (Wildman–Crippen MR) is 55.2 cm³/mol. The van der Waals surface area contributed by atoms with Crippen molar-refractivity contribution in [1.29, 1.82) is 0 Å². The first-order valence-electron chi connectivity index (χ1n) is 4.34. The Balaban J connectivity index is 2.47. The van der Waals surface area contributed by atoms with Gasteiger partial charge in [-0.25, -0.2) is 4.98 Å².